The Bertz CT molecular complexity index is 654. The zero-order valence-corrected chi connectivity index (χ0v) is 14.2. The predicted octanol–water partition coefficient (Wildman–Crippen LogP) is 2.83. The Balaban J connectivity index is 1.62. The second kappa shape index (κ2) is 7.38. The van der Waals surface area contributed by atoms with E-state index < -0.39 is 0 Å². The van der Waals surface area contributed by atoms with Crippen LogP contribution < -0.4 is 10.1 Å². The van der Waals surface area contributed by atoms with Gasteiger partial charge in [-0.1, -0.05) is 12.1 Å². The minimum atomic E-state index is -0.00651. The maximum Gasteiger partial charge on any atom is 0.318 e. The highest BCUT2D eigenvalue weighted by atomic mass is 16.5. The zero-order chi connectivity index (χ0) is 16.9. The van der Waals surface area contributed by atoms with Gasteiger partial charge in [-0.25, -0.2) is 4.79 Å². The van der Waals surface area contributed by atoms with Gasteiger partial charge in [0.2, 0.25) is 0 Å². The first kappa shape index (κ1) is 16.4. The number of nitrogens with zero attached hydrogens (tertiary/aromatic N) is 3. The van der Waals surface area contributed by atoms with Crippen molar-refractivity contribution in [1.29, 1.82) is 0 Å². The zero-order valence-electron chi connectivity index (χ0n) is 14.2. The van der Waals surface area contributed by atoms with Gasteiger partial charge in [-0.05, 0) is 43.5 Å². The summed E-state index contributed by atoms with van der Waals surface area (Å²) in [4.78, 5) is 14.6. The molecule has 1 aromatic carbocycles. The largest absolute Gasteiger partial charge is 0.497 e. The topological polar surface area (TPSA) is 59.4 Å². The fourth-order valence-corrected chi connectivity index (χ4v) is 3.21. The molecule has 1 N–H and O–H groups in total. The third-order valence-corrected chi connectivity index (χ3v) is 4.40. The Kier molecular flexibility index (Phi) is 5.03. The van der Waals surface area contributed by atoms with Crippen molar-refractivity contribution in [3.8, 4) is 5.75 Å². The number of hydrogen-bond donors (Lipinski definition) is 1. The van der Waals surface area contributed by atoms with Gasteiger partial charge in [-0.2, -0.15) is 5.10 Å². The van der Waals surface area contributed by atoms with Crippen LogP contribution >= 0.6 is 0 Å². The van der Waals surface area contributed by atoms with Gasteiger partial charge in [0.25, 0.3) is 0 Å². The van der Waals surface area contributed by atoms with E-state index in [1.807, 2.05) is 53.0 Å². The lowest BCUT2D eigenvalue weighted by molar-refractivity contribution is 0.188. The van der Waals surface area contributed by atoms with Crippen LogP contribution in [0.2, 0.25) is 0 Å². The van der Waals surface area contributed by atoms with Crippen LogP contribution in [0.4, 0.5) is 4.79 Å². The van der Waals surface area contributed by atoms with Gasteiger partial charge < -0.3 is 15.0 Å². The van der Waals surface area contributed by atoms with E-state index in [1.165, 1.54) is 0 Å². The number of likely N-dealkylation sites (tertiary alicyclic amines) is 1. The van der Waals surface area contributed by atoms with Crippen molar-refractivity contribution in [3.05, 3.63) is 48.3 Å². The van der Waals surface area contributed by atoms with Crippen LogP contribution in [0.5, 0.6) is 5.75 Å². The normalized spacial score (nSPS) is 18.4. The van der Waals surface area contributed by atoms with Crippen molar-refractivity contribution in [2.75, 3.05) is 13.7 Å². The molecule has 6 nitrogen and oxygen atoms in total. The molecule has 0 radical (unpaired) electrons. The summed E-state index contributed by atoms with van der Waals surface area (Å²) in [6.07, 6.45) is 5.67. The van der Waals surface area contributed by atoms with E-state index in [4.69, 9.17) is 4.74 Å². The molecular formula is C18H24N4O2. The summed E-state index contributed by atoms with van der Waals surface area (Å²) in [5, 5.41) is 7.26. The molecule has 1 aromatic heterocycles. The average molecular weight is 328 g/mol. The van der Waals surface area contributed by atoms with Crippen molar-refractivity contribution in [2.45, 2.75) is 38.4 Å². The molecule has 2 heterocycles. The molecule has 2 amide bonds. The molecule has 128 valence electrons. The molecule has 2 atom stereocenters. The van der Waals surface area contributed by atoms with Crippen LogP contribution in [0.25, 0.3) is 0 Å². The average Bonchev–Trinajstić information content (AvgIpc) is 3.26. The van der Waals surface area contributed by atoms with E-state index in [2.05, 4.69) is 10.4 Å². The number of urea groups is 1. The van der Waals surface area contributed by atoms with Crippen LogP contribution in [-0.2, 0) is 6.54 Å². The molecule has 2 unspecified atom stereocenters. The predicted molar refractivity (Wildman–Crippen MR) is 91.9 cm³/mol. The summed E-state index contributed by atoms with van der Waals surface area (Å²) in [5.74, 6) is 0.834. The van der Waals surface area contributed by atoms with E-state index in [9.17, 15) is 4.79 Å². The number of amides is 2. The number of methoxy groups -OCH3 is 1. The van der Waals surface area contributed by atoms with E-state index >= 15 is 0 Å². The maximum absolute atomic E-state index is 12.7. The van der Waals surface area contributed by atoms with Crippen molar-refractivity contribution in [1.82, 2.24) is 20.0 Å². The highest BCUT2D eigenvalue weighted by Gasteiger charge is 2.30. The summed E-state index contributed by atoms with van der Waals surface area (Å²) in [7, 11) is 1.66. The van der Waals surface area contributed by atoms with Crippen molar-refractivity contribution in [3.63, 3.8) is 0 Å². The van der Waals surface area contributed by atoms with Gasteiger partial charge in [0.1, 0.15) is 5.75 Å². The first-order valence-corrected chi connectivity index (χ1v) is 8.36. The molecule has 1 fully saturated rings. The van der Waals surface area contributed by atoms with Gasteiger partial charge in [0.05, 0.1) is 19.7 Å². The van der Waals surface area contributed by atoms with E-state index in [0.29, 0.717) is 6.54 Å². The van der Waals surface area contributed by atoms with Crippen molar-refractivity contribution >= 4 is 6.03 Å². The SMILES string of the molecule is COc1ccc(C2CCCN2C(=O)NC(C)Cn2cccn2)cc1. The van der Waals surface area contributed by atoms with Gasteiger partial charge in [0.15, 0.2) is 0 Å². The molecule has 0 spiro atoms. The number of rotatable bonds is 5. The molecule has 6 heteroatoms. The molecule has 24 heavy (non-hydrogen) atoms. The molecule has 3 rings (SSSR count). The number of carbonyl (C=O) groups excluding carboxylic acids is 1. The number of benzene rings is 1. The molecule has 1 aliphatic heterocycles. The van der Waals surface area contributed by atoms with Gasteiger partial charge in [0, 0.05) is 25.0 Å². The Morgan fingerprint density at radius 2 is 2.21 bits per heavy atom. The summed E-state index contributed by atoms with van der Waals surface area (Å²) in [6, 6.07) is 10.0. The van der Waals surface area contributed by atoms with E-state index in [-0.39, 0.29) is 18.1 Å². The lowest BCUT2D eigenvalue weighted by Crippen LogP contribution is -2.44. The molecule has 0 saturated carbocycles. The Morgan fingerprint density at radius 1 is 1.42 bits per heavy atom. The van der Waals surface area contributed by atoms with Crippen LogP contribution in [0.1, 0.15) is 31.4 Å². The number of aromatic nitrogens is 2. The second-order valence-corrected chi connectivity index (χ2v) is 6.20. The first-order valence-electron chi connectivity index (χ1n) is 8.36. The molecule has 1 saturated heterocycles. The van der Waals surface area contributed by atoms with E-state index in [1.54, 1.807) is 13.3 Å². The fourth-order valence-electron chi connectivity index (χ4n) is 3.21. The van der Waals surface area contributed by atoms with Gasteiger partial charge >= 0.3 is 6.03 Å². The Labute approximate surface area is 142 Å². The smallest absolute Gasteiger partial charge is 0.318 e. The summed E-state index contributed by atoms with van der Waals surface area (Å²) in [6.45, 7) is 3.45. The monoisotopic (exact) mass is 328 g/mol. The third-order valence-electron chi connectivity index (χ3n) is 4.40. The fraction of sp³-hybridized carbons (Fsp3) is 0.444. The second-order valence-electron chi connectivity index (χ2n) is 6.20. The molecular weight excluding hydrogens is 304 g/mol. The number of nitrogens with one attached hydrogen (secondary N) is 1. The lowest BCUT2D eigenvalue weighted by Gasteiger charge is -2.27. The Hall–Kier alpha value is -2.50. The minimum Gasteiger partial charge on any atom is -0.497 e. The quantitative estimate of drug-likeness (QED) is 0.918. The molecule has 1 aliphatic rings. The summed E-state index contributed by atoms with van der Waals surface area (Å²) >= 11 is 0. The standard InChI is InChI=1S/C18H24N4O2/c1-14(13-21-11-4-10-19-21)20-18(23)22-12-3-5-17(22)15-6-8-16(24-2)9-7-15/h4,6-11,14,17H,3,5,12-13H2,1-2H3,(H,20,23). The first-order chi connectivity index (χ1) is 11.7. The van der Waals surface area contributed by atoms with Crippen molar-refractivity contribution in [2.24, 2.45) is 0 Å². The van der Waals surface area contributed by atoms with Crippen LogP contribution in [0.3, 0.4) is 0 Å². The minimum absolute atomic E-state index is 0.00651. The lowest BCUT2D eigenvalue weighted by atomic mass is 10.0. The maximum atomic E-state index is 12.7. The van der Waals surface area contributed by atoms with Crippen LogP contribution in [0.15, 0.2) is 42.7 Å². The highest BCUT2D eigenvalue weighted by Crippen LogP contribution is 2.32. The summed E-state index contributed by atoms with van der Waals surface area (Å²) in [5.41, 5.74) is 1.16. The van der Waals surface area contributed by atoms with Gasteiger partial charge in [-0.3, -0.25) is 4.68 Å². The van der Waals surface area contributed by atoms with E-state index in [0.717, 1.165) is 30.7 Å². The summed E-state index contributed by atoms with van der Waals surface area (Å²) < 4.78 is 7.04. The van der Waals surface area contributed by atoms with Crippen LogP contribution in [0, 0.1) is 0 Å². The third kappa shape index (κ3) is 3.69. The Morgan fingerprint density at radius 3 is 2.88 bits per heavy atom. The van der Waals surface area contributed by atoms with Crippen LogP contribution in [-0.4, -0.2) is 40.4 Å². The number of ether oxygens (including phenoxy) is 1. The van der Waals surface area contributed by atoms with Crippen molar-refractivity contribution < 1.29 is 9.53 Å². The number of hydrogen-bond acceptors (Lipinski definition) is 3. The number of carbonyl (C=O) groups is 1. The molecule has 2 aromatic rings. The van der Waals surface area contributed by atoms with Gasteiger partial charge in [-0.15, -0.1) is 0 Å². The highest BCUT2D eigenvalue weighted by molar-refractivity contribution is 5.75. The molecule has 0 aliphatic carbocycles. The molecule has 0 bridgehead atoms.